The zero-order valence-corrected chi connectivity index (χ0v) is 8.74. The molecule has 0 aliphatic heterocycles. The first-order valence-corrected chi connectivity index (χ1v) is 4.47. The van der Waals surface area contributed by atoms with Crippen LogP contribution < -0.4 is 4.74 Å². The molecule has 0 aromatic heterocycles. The van der Waals surface area contributed by atoms with Crippen LogP contribution in [0.5, 0.6) is 5.75 Å². The Bertz CT molecular complexity index is 239. The van der Waals surface area contributed by atoms with Crippen LogP contribution in [0.4, 0.5) is 0 Å². The molecule has 0 bridgehead atoms. The second kappa shape index (κ2) is 7.35. The van der Waals surface area contributed by atoms with Gasteiger partial charge in [0.15, 0.2) is 6.40 Å². The molecule has 2 nitrogen and oxygen atoms in total. The van der Waals surface area contributed by atoms with Crippen molar-refractivity contribution >= 4 is 6.40 Å². The maximum Gasteiger partial charge on any atom is 0.176 e. The minimum Gasteiger partial charge on any atom is -0.446 e. The Hall–Kier alpha value is -1.31. The van der Waals surface area contributed by atoms with Crippen molar-refractivity contribution in [1.29, 1.82) is 0 Å². The van der Waals surface area contributed by atoms with Gasteiger partial charge in [-0.3, -0.25) is 4.99 Å². The maximum absolute atomic E-state index is 5.12. The second-order valence-corrected chi connectivity index (χ2v) is 2.29. The first kappa shape index (κ1) is 11.7. The summed E-state index contributed by atoms with van der Waals surface area (Å²) in [7, 11) is 1.67. The zero-order valence-electron chi connectivity index (χ0n) is 8.74. The molecule has 0 atom stereocenters. The summed E-state index contributed by atoms with van der Waals surface area (Å²) in [5.74, 6) is 0.821. The highest BCUT2D eigenvalue weighted by molar-refractivity contribution is 5.51. The minimum atomic E-state index is 0.821. The summed E-state index contributed by atoms with van der Waals surface area (Å²) in [5, 5.41) is 0. The predicted octanol–water partition coefficient (Wildman–Crippen LogP) is 3.06. The van der Waals surface area contributed by atoms with E-state index in [1.165, 1.54) is 12.0 Å². The van der Waals surface area contributed by atoms with Crippen LogP contribution in [0.1, 0.15) is 19.4 Å². The molecule has 0 spiro atoms. The van der Waals surface area contributed by atoms with Gasteiger partial charge in [0.25, 0.3) is 0 Å². The number of aryl methyl sites for hydroxylation is 1. The SMILES string of the molecule is CC.CN=COc1ccc(C)cc1. The third-order valence-electron chi connectivity index (χ3n) is 1.32. The lowest BCUT2D eigenvalue weighted by molar-refractivity contribution is 0.573. The molecule has 0 N–H and O–H groups in total. The third-order valence-corrected chi connectivity index (χ3v) is 1.32. The predicted molar refractivity (Wildman–Crippen MR) is 57.6 cm³/mol. The largest absolute Gasteiger partial charge is 0.446 e. The first-order chi connectivity index (χ1) is 6.33. The van der Waals surface area contributed by atoms with Crippen LogP contribution in [0, 0.1) is 6.92 Å². The van der Waals surface area contributed by atoms with E-state index in [9.17, 15) is 0 Å². The lowest BCUT2D eigenvalue weighted by atomic mass is 10.2. The van der Waals surface area contributed by atoms with Gasteiger partial charge in [-0.2, -0.15) is 0 Å². The minimum absolute atomic E-state index is 0.821. The molecule has 72 valence electrons. The molecule has 0 unspecified atom stereocenters. The molecule has 1 aromatic carbocycles. The van der Waals surface area contributed by atoms with Gasteiger partial charge in [0, 0.05) is 7.05 Å². The standard InChI is InChI=1S/C9H11NO.C2H6/c1-8-3-5-9(6-4-8)11-7-10-2;1-2/h3-7H,1-2H3;1-2H3. The number of benzene rings is 1. The van der Waals surface area contributed by atoms with Crippen LogP contribution in [-0.4, -0.2) is 13.4 Å². The summed E-state index contributed by atoms with van der Waals surface area (Å²) in [6, 6.07) is 7.83. The first-order valence-electron chi connectivity index (χ1n) is 4.47. The smallest absolute Gasteiger partial charge is 0.176 e. The number of ether oxygens (including phenoxy) is 1. The molecular formula is C11H17NO. The summed E-state index contributed by atoms with van der Waals surface area (Å²) in [4.78, 5) is 3.71. The van der Waals surface area contributed by atoms with Gasteiger partial charge in [-0.05, 0) is 19.1 Å². The van der Waals surface area contributed by atoms with Crippen LogP contribution in [0.2, 0.25) is 0 Å². The fourth-order valence-electron chi connectivity index (χ4n) is 0.730. The highest BCUT2D eigenvalue weighted by atomic mass is 16.5. The van der Waals surface area contributed by atoms with Crippen molar-refractivity contribution in [2.45, 2.75) is 20.8 Å². The summed E-state index contributed by atoms with van der Waals surface area (Å²) in [5.41, 5.74) is 1.23. The number of rotatable bonds is 2. The average molecular weight is 179 g/mol. The van der Waals surface area contributed by atoms with Crippen molar-refractivity contribution in [3.63, 3.8) is 0 Å². The molecule has 1 rings (SSSR count). The van der Waals surface area contributed by atoms with Crippen LogP contribution in [0.25, 0.3) is 0 Å². The number of hydrogen-bond donors (Lipinski definition) is 0. The molecule has 0 radical (unpaired) electrons. The molecular weight excluding hydrogens is 162 g/mol. The van der Waals surface area contributed by atoms with Gasteiger partial charge in [-0.1, -0.05) is 31.5 Å². The molecule has 0 aliphatic carbocycles. The van der Waals surface area contributed by atoms with E-state index >= 15 is 0 Å². The van der Waals surface area contributed by atoms with E-state index in [4.69, 9.17) is 4.74 Å². The number of nitrogens with zero attached hydrogens (tertiary/aromatic N) is 1. The molecule has 0 fully saturated rings. The molecule has 0 saturated heterocycles. The third kappa shape index (κ3) is 5.01. The Morgan fingerprint density at radius 2 is 1.69 bits per heavy atom. The zero-order chi connectivity index (χ0) is 10.1. The maximum atomic E-state index is 5.12. The Morgan fingerprint density at radius 3 is 2.15 bits per heavy atom. The van der Waals surface area contributed by atoms with Gasteiger partial charge in [-0.25, -0.2) is 0 Å². The lowest BCUT2D eigenvalue weighted by Crippen LogP contribution is -1.88. The summed E-state index contributed by atoms with van der Waals surface area (Å²) >= 11 is 0. The van der Waals surface area contributed by atoms with E-state index in [2.05, 4.69) is 4.99 Å². The summed E-state index contributed by atoms with van der Waals surface area (Å²) in [6.45, 7) is 6.04. The Kier molecular flexibility index (Phi) is 6.60. The molecule has 13 heavy (non-hydrogen) atoms. The van der Waals surface area contributed by atoms with Crippen molar-refractivity contribution in [2.75, 3.05) is 7.05 Å². The molecule has 0 amide bonds. The van der Waals surface area contributed by atoms with Crippen LogP contribution in [0.3, 0.4) is 0 Å². The van der Waals surface area contributed by atoms with E-state index in [0.29, 0.717) is 0 Å². The molecule has 1 aromatic rings. The van der Waals surface area contributed by atoms with Crippen molar-refractivity contribution in [2.24, 2.45) is 4.99 Å². The molecule has 0 saturated carbocycles. The van der Waals surface area contributed by atoms with Crippen molar-refractivity contribution in [1.82, 2.24) is 0 Å². The Balaban J connectivity index is 0.000000671. The van der Waals surface area contributed by atoms with E-state index in [1.807, 2.05) is 45.0 Å². The van der Waals surface area contributed by atoms with Gasteiger partial charge in [0.2, 0.25) is 0 Å². The topological polar surface area (TPSA) is 21.6 Å². The fraction of sp³-hybridized carbons (Fsp3) is 0.364. The van der Waals surface area contributed by atoms with Gasteiger partial charge < -0.3 is 4.74 Å². The number of hydrogen-bond acceptors (Lipinski definition) is 2. The van der Waals surface area contributed by atoms with Gasteiger partial charge >= 0.3 is 0 Å². The van der Waals surface area contributed by atoms with Crippen LogP contribution >= 0.6 is 0 Å². The highest BCUT2D eigenvalue weighted by Crippen LogP contribution is 2.09. The second-order valence-electron chi connectivity index (χ2n) is 2.29. The summed E-state index contributed by atoms with van der Waals surface area (Å²) < 4.78 is 5.12. The van der Waals surface area contributed by atoms with Gasteiger partial charge in [-0.15, -0.1) is 0 Å². The van der Waals surface area contributed by atoms with Crippen molar-refractivity contribution in [3.8, 4) is 5.75 Å². The van der Waals surface area contributed by atoms with Crippen molar-refractivity contribution in [3.05, 3.63) is 29.8 Å². The van der Waals surface area contributed by atoms with E-state index < -0.39 is 0 Å². The lowest BCUT2D eigenvalue weighted by Gasteiger charge is -1.97. The van der Waals surface area contributed by atoms with Gasteiger partial charge in [0.05, 0.1) is 0 Å². The van der Waals surface area contributed by atoms with Gasteiger partial charge in [0.1, 0.15) is 5.75 Å². The van der Waals surface area contributed by atoms with E-state index in [-0.39, 0.29) is 0 Å². The number of aliphatic imine (C=N–C) groups is 1. The monoisotopic (exact) mass is 179 g/mol. The normalized spacial score (nSPS) is 9.23. The fourth-order valence-corrected chi connectivity index (χ4v) is 0.730. The van der Waals surface area contributed by atoms with E-state index in [1.54, 1.807) is 7.05 Å². The molecule has 0 aliphatic rings. The van der Waals surface area contributed by atoms with E-state index in [0.717, 1.165) is 5.75 Å². The molecule has 2 heteroatoms. The Labute approximate surface area is 80.3 Å². The highest BCUT2D eigenvalue weighted by Gasteiger charge is 1.87. The average Bonchev–Trinajstić information content (AvgIpc) is 2.20. The van der Waals surface area contributed by atoms with Crippen molar-refractivity contribution < 1.29 is 4.74 Å². The Morgan fingerprint density at radius 1 is 1.15 bits per heavy atom. The summed E-state index contributed by atoms with van der Waals surface area (Å²) in [6.07, 6.45) is 1.42. The van der Waals surface area contributed by atoms with Crippen LogP contribution in [0.15, 0.2) is 29.3 Å². The van der Waals surface area contributed by atoms with Crippen LogP contribution in [-0.2, 0) is 0 Å². The quantitative estimate of drug-likeness (QED) is 0.505. The molecule has 0 heterocycles.